The maximum Gasteiger partial charge on any atom is 0.354 e. The fourth-order valence-electron chi connectivity index (χ4n) is 3.54. The third-order valence-corrected chi connectivity index (χ3v) is 5.81. The molecular formula is C20H21N5O3S. The molecule has 1 aromatic carbocycles. The molecule has 0 amide bonds. The van der Waals surface area contributed by atoms with Crippen molar-refractivity contribution < 1.29 is 14.6 Å². The molecule has 3 aromatic rings. The number of methoxy groups -OCH3 is 1. The summed E-state index contributed by atoms with van der Waals surface area (Å²) in [5.41, 5.74) is 2.72. The van der Waals surface area contributed by atoms with Gasteiger partial charge in [-0.3, -0.25) is 4.90 Å². The van der Waals surface area contributed by atoms with Gasteiger partial charge in [0, 0.05) is 37.4 Å². The van der Waals surface area contributed by atoms with Crippen molar-refractivity contribution in [2.45, 2.75) is 36.7 Å². The van der Waals surface area contributed by atoms with Crippen LogP contribution in [0.4, 0.5) is 11.5 Å². The van der Waals surface area contributed by atoms with Crippen molar-refractivity contribution in [3.8, 4) is 0 Å². The Balaban J connectivity index is 1.75. The molecule has 0 saturated carbocycles. The normalized spacial score (nSPS) is 12.6. The first-order valence-corrected chi connectivity index (χ1v) is 10.0. The van der Waals surface area contributed by atoms with Crippen LogP contribution in [0.25, 0.3) is 0 Å². The van der Waals surface area contributed by atoms with Crippen LogP contribution >= 0.6 is 11.8 Å². The number of imidazole rings is 1. The third-order valence-electron chi connectivity index (χ3n) is 4.76. The number of hydrogen-bond donors (Lipinski definition) is 1. The van der Waals surface area contributed by atoms with Gasteiger partial charge in [0.05, 0.1) is 11.4 Å². The summed E-state index contributed by atoms with van der Waals surface area (Å²) in [7, 11) is 1.64. The minimum atomic E-state index is -0.964. The second kappa shape index (κ2) is 7.84. The standard InChI is InChI=1S/C20H21N5O3S/c1-4-16-23-12(2)17(20(26)27)24(16)10-13-5-6-15-14(9-13)25(11-28-3)18-19(29-15)22-8-7-21-18/h5-9H,4,10-11H2,1-3H3,(H,26,27). The number of hydrogen-bond acceptors (Lipinski definition) is 7. The van der Waals surface area contributed by atoms with E-state index in [1.807, 2.05) is 24.0 Å². The predicted molar refractivity (Wildman–Crippen MR) is 109 cm³/mol. The zero-order valence-corrected chi connectivity index (χ0v) is 17.2. The molecular weight excluding hydrogens is 390 g/mol. The molecule has 150 valence electrons. The molecule has 1 aliphatic heterocycles. The van der Waals surface area contributed by atoms with Crippen LogP contribution in [0.1, 0.15) is 34.5 Å². The van der Waals surface area contributed by atoms with Crippen LogP contribution in [0.3, 0.4) is 0 Å². The molecule has 9 heteroatoms. The molecule has 0 bridgehead atoms. The average molecular weight is 411 g/mol. The predicted octanol–water partition coefficient (Wildman–Crippen LogP) is 3.50. The van der Waals surface area contributed by atoms with Crippen molar-refractivity contribution in [1.29, 1.82) is 0 Å². The summed E-state index contributed by atoms with van der Waals surface area (Å²) in [6.07, 6.45) is 4.00. The van der Waals surface area contributed by atoms with Gasteiger partial charge in [-0.2, -0.15) is 0 Å². The van der Waals surface area contributed by atoms with E-state index < -0.39 is 5.97 Å². The summed E-state index contributed by atoms with van der Waals surface area (Å²) in [6, 6.07) is 6.10. The first kappa shape index (κ1) is 19.4. The largest absolute Gasteiger partial charge is 0.477 e. The second-order valence-corrected chi connectivity index (χ2v) is 7.67. The molecule has 0 atom stereocenters. The fourth-order valence-corrected chi connectivity index (χ4v) is 4.52. The smallest absolute Gasteiger partial charge is 0.354 e. The van der Waals surface area contributed by atoms with E-state index >= 15 is 0 Å². The number of carbonyl (C=O) groups is 1. The molecule has 4 rings (SSSR count). The quantitative estimate of drug-likeness (QED) is 0.659. The number of nitrogens with zero attached hydrogens (tertiary/aromatic N) is 5. The number of ether oxygens (including phenoxy) is 1. The Morgan fingerprint density at radius 2 is 2.07 bits per heavy atom. The van der Waals surface area contributed by atoms with Gasteiger partial charge in [-0.25, -0.2) is 19.7 Å². The number of fused-ring (bicyclic) bond motifs is 2. The van der Waals surface area contributed by atoms with Crippen LogP contribution < -0.4 is 4.90 Å². The molecule has 2 aromatic heterocycles. The van der Waals surface area contributed by atoms with Crippen molar-refractivity contribution in [3.63, 3.8) is 0 Å². The van der Waals surface area contributed by atoms with E-state index in [1.165, 1.54) is 0 Å². The van der Waals surface area contributed by atoms with Gasteiger partial charge in [-0.05, 0) is 24.6 Å². The third kappa shape index (κ3) is 3.47. The van der Waals surface area contributed by atoms with Gasteiger partial charge in [-0.1, -0.05) is 24.8 Å². The van der Waals surface area contributed by atoms with E-state index in [1.54, 1.807) is 42.8 Å². The first-order chi connectivity index (χ1) is 14.0. The maximum absolute atomic E-state index is 11.8. The van der Waals surface area contributed by atoms with Crippen LogP contribution in [-0.2, 0) is 17.7 Å². The number of benzene rings is 1. The lowest BCUT2D eigenvalue weighted by atomic mass is 10.1. The number of carboxylic acid groups (broad SMARTS) is 1. The number of carboxylic acids is 1. The van der Waals surface area contributed by atoms with E-state index in [9.17, 15) is 9.90 Å². The minimum Gasteiger partial charge on any atom is -0.477 e. The van der Waals surface area contributed by atoms with Crippen LogP contribution in [0.2, 0.25) is 0 Å². The number of aromatic carboxylic acids is 1. The van der Waals surface area contributed by atoms with Gasteiger partial charge in [0.15, 0.2) is 11.5 Å². The molecule has 0 saturated heterocycles. The Bertz CT molecular complexity index is 1080. The molecule has 29 heavy (non-hydrogen) atoms. The molecule has 0 spiro atoms. The maximum atomic E-state index is 11.8. The van der Waals surface area contributed by atoms with Crippen LogP contribution in [-0.4, -0.2) is 44.4 Å². The Hall–Kier alpha value is -2.91. The lowest BCUT2D eigenvalue weighted by molar-refractivity contribution is 0.0684. The lowest BCUT2D eigenvalue weighted by Crippen LogP contribution is -2.25. The Morgan fingerprint density at radius 3 is 2.79 bits per heavy atom. The van der Waals surface area contributed by atoms with Gasteiger partial charge in [0.1, 0.15) is 17.6 Å². The summed E-state index contributed by atoms with van der Waals surface area (Å²) in [6.45, 7) is 4.48. The summed E-state index contributed by atoms with van der Waals surface area (Å²) in [5, 5.41) is 10.5. The zero-order valence-electron chi connectivity index (χ0n) is 16.4. The summed E-state index contributed by atoms with van der Waals surface area (Å²) in [5.74, 6) is 0.549. The highest BCUT2D eigenvalue weighted by Crippen LogP contribution is 2.46. The Labute approximate surface area is 172 Å². The highest BCUT2D eigenvalue weighted by atomic mass is 32.2. The van der Waals surface area contributed by atoms with Crippen molar-refractivity contribution >= 4 is 29.2 Å². The molecule has 0 unspecified atom stereocenters. The number of anilines is 2. The van der Waals surface area contributed by atoms with Crippen LogP contribution in [0.15, 0.2) is 40.5 Å². The second-order valence-electron chi connectivity index (χ2n) is 6.64. The molecule has 0 aliphatic carbocycles. The van der Waals surface area contributed by atoms with Gasteiger partial charge in [0.2, 0.25) is 0 Å². The van der Waals surface area contributed by atoms with Crippen molar-refractivity contribution in [2.75, 3.05) is 18.7 Å². The van der Waals surface area contributed by atoms with Gasteiger partial charge >= 0.3 is 5.97 Å². The minimum absolute atomic E-state index is 0.235. The van der Waals surface area contributed by atoms with Crippen molar-refractivity contribution in [3.05, 3.63) is 53.4 Å². The number of aromatic nitrogens is 4. The highest BCUT2D eigenvalue weighted by Gasteiger charge is 2.26. The van der Waals surface area contributed by atoms with Gasteiger partial charge in [-0.15, -0.1) is 0 Å². The van der Waals surface area contributed by atoms with E-state index in [0.29, 0.717) is 25.4 Å². The van der Waals surface area contributed by atoms with Gasteiger partial charge < -0.3 is 14.4 Å². The van der Waals surface area contributed by atoms with E-state index in [2.05, 4.69) is 21.0 Å². The Kier molecular flexibility index (Phi) is 5.25. The Morgan fingerprint density at radius 1 is 1.28 bits per heavy atom. The highest BCUT2D eigenvalue weighted by molar-refractivity contribution is 7.99. The van der Waals surface area contributed by atoms with Crippen molar-refractivity contribution in [1.82, 2.24) is 19.5 Å². The number of rotatable bonds is 6. The van der Waals surface area contributed by atoms with E-state index in [-0.39, 0.29) is 5.69 Å². The summed E-state index contributed by atoms with van der Waals surface area (Å²) >= 11 is 1.56. The first-order valence-electron chi connectivity index (χ1n) is 9.21. The van der Waals surface area contributed by atoms with Gasteiger partial charge in [0.25, 0.3) is 0 Å². The number of aryl methyl sites for hydroxylation is 2. The molecule has 1 N–H and O–H groups in total. The molecule has 0 fully saturated rings. The lowest BCUT2D eigenvalue weighted by Gasteiger charge is -2.30. The SMILES string of the molecule is CCc1nc(C)c(C(=O)O)n1Cc1ccc2c(c1)N(COC)c1nccnc1S2. The molecule has 1 aliphatic rings. The zero-order chi connectivity index (χ0) is 20.5. The van der Waals surface area contributed by atoms with E-state index in [4.69, 9.17) is 4.74 Å². The van der Waals surface area contributed by atoms with E-state index in [0.717, 1.165) is 32.8 Å². The monoisotopic (exact) mass is 411 g/mol. The molecule has 8 nitrogen and oxygen atoms in total. The topological polar surface area (TPSA) is 93.4 Å². The summed E-state index contributed by atoms with van der Waals surface area (Å²) < 4.78 is 7.18. The fraction of sp³-hybridized carbons (Fsp3) is 0.300. The van der Waals surface area contributed by atoms with Crippen molar-refractivity contribution in [2.24, 2.45) is 0 Å². The molecule has 0 radical (unpaired) electrons. The molecule has 3 heterocycles. The summed E-state index contributed by atoms with van der Waals surface area (Å²) in [4.78, 5) is 28.1. The average Bonchev–Trinajstić information content (AvgIpc) is 3.03. The van der Waals surface area contributed by atoms with Crippen LogP contribution in [0.5, 0.6) is 0 Å². The van der Waals surface area contributed by atoms with Crippen LogP contribution in [0, 0.1) is 6.92 Å².